The van der Waals surface area contributed by atoms with Crippen LogP contribution >= 0.6 is 0 Å². The van der Waals surface area contributed by atoms with Crippen LogP contribution in [0, 0.1) is 12.3 Å². The van der Waals surface area contributed by atoms with E-state index in [0.717, 1.165) is 10.5 Å². The number of urea groups is 1. The summed E-state index contributed by atoms with van der Waals surface area (Å²) in [6, 6.07) is 6.94. The number of rotatable bonds is 5. The van der Waals surface area contributed by atoms with Crippen LogP contribution in [0.3, 0.4) is 0 Å². The van der Waals surface area contributed by atoms with Crippen LogP contribution in [0.4, 0.5) is 4.79 Å². The molecule has 4 amide bonds. The van der Waals surface area contributed by atoms with E-state index in [1.54, 1.807) is 6.92 Å². The molecular weight excluding hydrogens is 306 g/mol. The molecule has 0 radical (unpaired) electrons. The normalized spacial score (nSPS) is 20.0. The van der Waals surface area contributed by atoms with Gasteiger partial charge in [0.1, 0.15) is 12.1 Å². The van der Waals surface area contributed by atoms with E-state index in [9.17, 15) is 14.4 Å². The molecule has 1 saturated heterocycles. The van der Waals surface area contributed by atoms with Crippen molar-refractivity contribution in [1.29, 1.82) is 0 Å². The van der Waals surface area contributed by atoms with E-state index < -0.39 is 23.4 Å². The number of terminal acetylenes is 1. The fraction of sp³-hybridized carbons (Fsp3) is 0.389. The summed E-state index contributed by atoms with van der Waals surface area (Å²) in [6.07, 6.45) is 5.07. The third-order valence-electron chi connectivity index (χ3n) is 4.12. The molecule has 1 aliphatic rings. The first-order valence-corrected chi connectivity index (χ1v) is 7.74. The van der Waals surface area contributed by atoms with Gasteiger partial charge in [0.2, 0.25) is 5.91 Å². The van der Waals surface area contributed by atoms with Gasteiger partial charge in [-0.1, -0.05) is 44.0 Å². The first-order chi connectivity index (χ1) is 11.3. The van der Waals surface area contributed by atoms with Gasteiger partial charge in [-0.05, 0) is 24.0 Å². The molecule has 0 aromatic heterocycles. The van der Waals surface area contributed by atoms with Crippen molar-refractivity contribution in [3.05, 3.63) is 35.4 Å². The standard InChI is InChI=1S/C18H21N3O3/c1-5-10-19-15(22)11-21-16(23)18(4,20-17(21)24)14-8-6-13(7-9-14)12(2)3/h1,6-9,12H,10-11H2,2-4H3,(H,19,22)(H,20,24). The Labute approximate surface area is 141 Å². The largest absolute Gasteiger partial charge is 0.344 e. The summed E-state index contributed by atoms with van der Waals surface area (Å²) in [5.74, 6) is 1.70. The van der Waals surface area contributed by atoms with E-state index >= 15 is 0 Å². The topological polar surface area (TPSA) is 78.5 Å². The maximum absolute atomic E-state index is 12.7. The monoisotopic (exact) mass is 327 g/mol. The van der Waals surface area contributed by atoms with Crippen LogP contribution in [0.15, 0.2) is 24.3 Å². The zero-order valence-corrected chi connectivity index (χ0v) is 14.1. The molecule has 1 aromatic rings. The molecule has 0 aliphatic carbocycles. The van der Waals surface area contributed by atoms with Crippen molar-refractivity contribution in [2.45, 2.75) is 32.2 Å². The molecule has 24 heavy (non-hydrogen) atoms. The van der Waals surface area contributed by atoms with Gasteiger partial charge in [0.25, 0.3) is 5.91 Å². The Hall–Kier alpha value is -2.81. The second-order valence-electron chi connectivity index (χ2n) is 6.20. The zero-order chi connectivity index (χ0) is 17.9. The zero-order valence-electron chi connectivity index (χ0n) is 14.1. The molecule has 0 bridgehead atoms. The lowest BCUT2D eigenvalue weighted by Gasteiger charge is -2.22. The van der Waals surface area contributed by atoms with E-state index in [1.165, 1.54) is 0 Å². The number of nitrogens with zero attached hydrogens (tertiary/aromatic N) is 1. The minimum absolute atomic E-state index is 0.0520. The quantitative estimate of drug-likeness (QED) is 0.632. The van der Waals surface area contributed by atoms with Gasteiger partial charge in [0, 0.05) is 0 Å². The lowest BCUT2D eigenvalue weighted by molar-refractivity contribution is -0.134. The van der Waals surface area contributed by atoms with Gasteiger partial charge in [-0.25, -0.2) is 4.79 Å². The smallest absolute Gasteiger partial charge is 0.325 e. The first-order valence-electron chi connectivity index (χ1n) is 7.74. The van der Waals surface area contributed by atoms with Crippen molar-refractivity contribution in [3.8, 4) is 12.3 Å². The van der Waals surface area contributed by atoms with Gasteiger partial charge < -0.3 is 10.6 Å². The van der Waals surface area contributed by atoms with Crippen molar-refractivity contribution in [1.82, 2.24) is 15.5 Å². The lowest BCUT2D eigenvalue weighted by atomic mass is 9.90. The molecular formula is C18H21N3O3. The van der Waals surface area contributed by atoms with Crippen LogP contribution in [0.25, 0.3) is 0 Å². The van der Waals surface area contributed by atoms with E-state index in [-0.39, 0.29) is 13.1 Å². The highest BCUT2D eigenvalue weighted by atomic mass is 16.2. The van der Waals surface area contributed by atoms with Crippen LogP contribution in [0.2, 0.25) is 0 Å². The lowest BCUT2D eigenvalue weighted by Crippen LogP contribution is -2.43. The highest BCUT2D eigenvalue weighted by molar-refractivity contribution is 6.09. The fourth-order valence-electron chi connectivity index (χ4n) is 2.59. The second kappa shape index (κ2) is 6.75. The van der Waals surface area contributed by atoms with Gasteiger partial charge in [0.15, 0.2) is 0 Å². The third-order valence-corrected chi connectivity index (χ3v) is 4.12. The highest BCUT2D eigenvalue weighted by Gasteiger charge is 2.49. The number of amides is 4. The van der Waals surface area contributed by atoms with Crippen molar-refractivity contribution in [3.63, 3.8) is 0 Å². The summed E-state index contributed by atoms with van der Waals surface area (Å²) in [7, 11) is 0. The molecule has 1 aromatic carbocycles. The van der Waals surface area contributed by atoms with Crippen LogP contribution in [0.1, 0.15) is 37.8 Å². The maximum Gasteiger partial charge on any atom is 0.325 e. The van der Waals surface area contributed by atoms with Gasteiger partial charge in [-0.15, -0.1) is 6.42 Å². The van der Waals surface area contributed by atoms with Crippen LogP contribution in [-0.4, -0.2) is 35.8 Å². The maximum atomic E-state index is 12.7. The average Bonchev–Trinajstić information content (AvgIpc) is 2.77. The number of benzene rings is 1. The molecule has 6 heteroatoms. The predicted octanol–water partition coefficient (Wildman–Crippen LogP) is 1.33. The Balaban J connectivity index is 2.19. The highest BCUT2D eigenvalue weighted by Crippen LogP contribution is 2.29. The second-order valence-corrected chi connectivity index (χ2v) is 6.20. The minimum atomic E-state index is -1.18. The predicted molar refractivity (Wildman–Crippen MR) is 90.0 cm³/mol. The summed E-state index contributed by atoms with van der Waals surface area (Å²) in [5.41, 5.74) is 0.639. The molecule has 2 rings (SSSR count). The van der Waals surface area contributed by atoms with Gasteiger partial charge >= 0.3 is 6.03 Å². The molecule has 0 spiro atoms. The summed E-state index contributed by atoms with van der Waals surface area (Å²) in [5, 5.41) is 5.11. The Morgan fingerprint density at radius 3 is 2.50 bits per heavy atom. The SMILES string of the molecule is C#CCNC(=O)CN1C(=O)NC(C)(c2ccc(C(C)C)cc2)C1=O. The van der Waals surface area contributed by atoms with Crippen LogP contribution in [-0.2, 0) is 15.1 Å². The third kappa shape index (κ3) is 3.25. The van der Waals surface area contributed by atoms with E-state index in [4.69, 9.17) is 6.42 Å². The fourth-order valence-corrected chi connectivity index (χ4v) is 2.59. The number of carbonyl (C=O) groups is 3. The van der Waals surface area contributed by atoms with Gasteiger partial charge in [-0.2, -0.15) is 0 Å². The molecule has 126 valence electrons. The minimum Gasteiger partial charge on any atom is -0.344 e. The van der Waals surface area contributed by atoms with Crippen molar-refractivity contribution < 1.29 is 14.4 Å². The first kappa shape index (κ1) is 17.5. The number of hydrogen-bond acceptors (Lipinski definition) is 3. The summed E-state index contributed by atoms with van der Waals surface area (Å²) in [6.45, 7) is 5.49. The molecule has 1 atom stereocenters. The van der Waals surface area contributed by atoms with Crippen molar-refractivity contribution in [2.24, 2.45) is 0 Å². The van der Waals surface area contributed by atoms with Crippen LogP contribution < -0.4 is 10.6 Å². The Bertz CT molecular complexity index is 703. The van der Waals surface area contributed by atoms with Crippen molar-refractivity contribution >= 4 is 17.8 Å². The molecule has 1 unspecified atom stereocenters. The van der Waals surface area contributed by atoms with E-state index in [2.05, 4.69) is 30.4 Å². The van der Waals surface area contributed by atoms with Gasteiger partial charge in [-0.3, -0.25) is 14.5 Å². The summed E-state index contributed by atoms with van der Waals surface area (Å²) >= 11 is 0. The number of nitrogens with one attached hydrogen (secondary N) is 2. The molecule has 6 nitrogen and oxygen atoms in total. The average molecular weight is 327 g/mol. The van der Waals surface area contributed by atoms with Crippen molar-refractivity contribution in [2.75, 3.05) is 13.1 Å². The summed E-state index contributed by atoms with van der Waals surface area (Å²) < 4.78 is 0. The molecule has 2 N–H and O–H groups in total. The molecule has 0 saturated carbocycles. The number of hydrogen-bond donors (Lipinski definition) is 2. The number of imide groups is 1. The van der Waals surface area contributed by atoms with Gasteiger partial charge in [0.05, 0.1) is 6.54 Å². The number of carbonyl (C=O) groups excluding carboxylic acids is 3. The molecule has 1 heterocycles. The Morgan fingerprint density at radius 2 is 1.96 bits per heavy atom. The molecule has 1 aliphatic heterocycles. The molecule has 1 fully saturated rings. The Morgan fingerprint density at radius 1 is 1.33 bits per heavy atom. The van der Waals surface area contributed by atoms with Crippen LogP contribution in [0.5, 0.6) is 0 Å². The summed E-state index contributed by atoms with van der Waals surface area (Å²) in [4.78, 5) is 37.5. The van der Waals surface area contributed by atoms with E-state index in [0.29, 0.717) is 11.5 Å². The Kier molecular flexibility index (Phi) is 4.93. The van der Waals surface area contributed by atoms with E-state index in [1.807, 2.05) is 24.3 Å².